The van der Waals surface area contributed by atoms with Gasteiger partial charge < -0.3 is 4.57 Å². The molecule has 0 fully saturated rings. The summed E-state index contributed by atoms with van der Waals surface area (Å²) in [5.41, 5.74) is 2.93. The molecule has 0 atom stereocenters. The molecule has 0 radical (unpaired) electrons. The number of aromatic nitrogens is 1. The number of aryl methyl sites for hydroxylation is 2. The fourth-order valence-electron chi connectivity index (χ4n) is 1.35. The highest BCUT2D eigenvalue weighted by atomic mass is 15.0. The number of nitrogens with zero attached hydrogens (tertiary/aromatic N) is 1. The first-order valence-corrected chi connectivity index (χ1v) is 3.88. The third-order valence-electron chi connectivity index (χ3n) is 1.83. The zero-order valence-electron chi connectivity index (χ0n) is 7.31. The molecule has 2 nitrogen and oxygen atoms in total. The van der Waals surface area contributed by atoms with Gasteiger partial charge in [-0.1, -0.05) is 0 Å². The predicted octanol–water partition coefficient (Wildman–Crippen LogP) is 1.60. The molecule has 0 aromatic carbocycles. The normalized spacial score (nSPS) is 10.1. The summed E-state index contributed by atoms with van der Waals surface area (Å²) in [7, 11) is 0. The minimum absolute atomic E-state index is 0.602. The summed E-state index contributed by atoms with van der Waals surface area (Å²) in [6.45, 7) is 6.99. The molecule has 1 aromatic heterocycles. The summed E-state index contributed by atoms with van der Waals surface area (Å²) in [5, 5.41) is 7.62. The van der Waals surface area contributed by atoms with E-state index in [0.29, 0.717) is 5.49 Å². The van der Waals surface area contributed by atoms with Crippen LogP contribution < -0.4 is 5.49 Å². The predicted molar refractivity (Wildman–Crippen MR) is 45.4 cm³/mol. The molecule has 60 valence electrons. The Balaban J connectivity index is 3.37. The van der Waals surface area contributed by atoms with Gasteiger partial charge in [-0.25, -0.2) is 0 Å². The van der Waals surface area contributed by atoms with Gasteiger partial charge in [0.05, 0.1) is 0 Å². The summed E-state index contributed by atoms with van der Waals surface area (Å²) in [4.78, 5) is 0. The second-order valence-electron chi connectivity index (χ2n) is 2.80. The first-order valence-electron chi connectivity index (χ1n) is 3.88. The van der Waals surface area contributed by atoms with Gasteiger partial charge >= 0.3 is 0 Å². The van der Waals surface area contributed by atoms with Crippen LogP contribution in [0, 0.1) is 19.3 Å². The largest absolute Gasteiger partial charge is 0.331 e. The van der Waals surface area contributed by atoms with Gasteiger partial charge in [0.2, 0.25) is 0 Å². The highest BCUT2D eigenvalue weighted by Crippen LogP contribution is 1.98. The van der Waals surface area contributed by atoms with Gasteiger partial charge in [0.15, 0.2) is 0 Å². The van der Waals surface area contributed by atoms with Crippen molar-refractivity contribution in [1.29, 1.82) is 5.41 Å². The SMILES string of the molecule is CCn1c(C)cc(C)cc1=N. The molecule has 0 saturated carbocycles. The molecule has 0 amide bonds. The lowest BCUT2D eigenvalue weighted by Crippen LogP contribution is -2.20. The van der Waals surface area contributed by atoms with E-state index in [9.17, 15) is 0 Å². The molecule has 0 aliphatic heterocycles. The zero-order valence-corrected chi connectivity index (χ0v) is 7.31. The molecular weight excluding hydrogens is 136 g/mol. The Morgan fingerprint density at radius 2 is 2.00 bits per heavy atom. The smallest absolute Gasteiger partial charge is 0.125 e. The molecule has 0 spiro atoms. The molecule has 2 heteroatoms. The van der Waals surface area contributed by atoms with Crippen LogP contribution in [0.1, 0.15) is 18.2 Å². The third kappa shape index (κ3) is 1.50. The van der Waals surface area contributed by atoms with Crippen LogP contribution in [0.3, 0.4) is 0 Å². The summed E-state index contributed by atoms with van der Waals surface area (Å²) in [6.07, 6.45) is 0. The minimum atomic E-state index is 0.602. The van der Waals surface area contributed by atoms with Crippen molar-refractivity contribution in [2.45, 2.75) is 27.3 Å². The van der Waals surface area contributed by atoms with Crippen molar-refractivity contribution in [3.8, 4) is 0 Å². The molecule has 1 rings (SSSR count). The molecule has 1 heterocycles. The lowest BCUT2D eigenvalue weighted by molar-refractivity contribution is 0.676. The van der Waals surface area contributed by atoms with E-state index in [1.807, 2.05) is 24.5 Å². The van der Waals surface area contributed by atoms with Crippen molar-refractivity contribution in [3.05, 3.63) is 28.9 Å². The van der Waals surface area contributed by atoms with Crippen LogP contribution in [0.15, 0.2) is 12.1 Å². The number of hydrogen-bond acceptors (Lipinski definition) is 1. The van der Waals surface area contributed by atoms with E-state index >= 15 is 0 Å². The van der Waals surface area contributed by atoms with E-state index in [4.69, 9.17) is 5.41 Å². The zero-order chi connectivity index (χ0) is 8.43. The third-order valence-corrected chi connectivity index (χ3v) is 1.83. The van der Waals surface area contributed by atoms with Crippen molar-refractivity contribution >= 4 is 0 Å². The molecule has 0 unspecified atom stereocenters. The average Bonchev–Trinajstić information content (AvgIpc) is 1.85. The van der Waals surface area contributed by atoms with Crippen molar-refractivity contribution < 1.29 is 0 Å². The lowest BCUT2D eigenvalue weighted by Gasteiger charge is -2.08. The van der Waals surface area contributed by atoms with Crippen LogP contribution in [0.5, 0.6) is 0 Å². The Bertz CT molecular complexity index is 310. The fraction of sp³-hybridized carbons (Fsp3) is 0.444. The van der Waals surface area contributed by atoms with Crippen LogP contribution in [-0.4, -0.2) is 4.57 Å². The van der Waals surface area contributed by atoms with E-state index in [-0.39, 0.29) is 0 Å². The number of nitrogens with one attached hydrogen (secondary N) is 1. The Morgan fingerprint density at radius 3 is 2.45 bits per heavy atom. The highest BCUT2D eigenvalue weighted by Gasteiger charge is 1.94. The summed E-state index contributed by atoms with van der Waals surface area (Å²) in [5.74, 6) is 0. The maximum atomic E-state index is 7.62. The van der Waals surface area contributed by atoms with Gasteiger partial charge in [0.1, 0.15) is 5.49 Å². The molecule has 0 bridgehead atoms. The maximum Gasteiger partial charge on any atom is 0.125 e. The van der Waals surface area contributed by atoms with Crippen molar-refractivity contribution in [2.24, 2.45) is 0 Å². The Morgan fingerprint density at radius 1 is 1.36 bits per heavy atom. The molecule has 1 N–H and O–H groups in total. The number of hydrogen-bond donors (Lipinski definition) is 1. The maximum absolute atomic E-state index is 7.62. The summed E-state index contributed by atoms with van der Waals surface area (Å²) < 4.78 is 1.98. The molecule has 1 aromatic rings. The molecule has 0 saturated heterocycles. The van der Waals surface area contributed by atoms with Crippen LogP contribution in [0.2, 0.25) is 0 Å². The first kappa shape index (κ1) is 8.05. The standard InChI is InChI=1S/C9H14N2/c1-4-11-8(3)5-7(2)6-9(11)10/h5-6,10H,4H2,1-3H3. The van der Waals surface area contributed by atoms with E-state index in [2.05, 4.69) is 13.0 Å². The van der Waals surface area contributed by atoms with Gasteiger partial charge in [0.25, 0.3) is 0 Å². The molecule has 0 aliphatic carbocycles. The van der Waals surface area contributed by atoms with E-state index < -0.39 is 0 Å². The van der Waals surface area contributed by atoms with Crippen LogP contribution in [0.25, 0.3) is 0 Å². The Hall–Kier alpha value is -1.05. The summed E-state index contributed by atoms with van der Waals surface area (Å²) >= 11 is 0. The quantitative estimate of drug-likeness (QED) is 0.630. The van der Waals surface area contributed by atoms with Gasteiger partial charge in [-0.05, 0) is 38.5 Å². The van der Waals surface area contributed by atoms with Crippen molar-refractivity contribution in [2.75, 3.05) is 0 Å². The molecule has 11 heavy (non-hydrogen) atoms. The van der Waals surface area contributed by atoms with Gasteiger partial charge in [0, 0.05) is 12.2 Å². The van der Waals surface area contributed by atoms with E-state index in [0.717, 1.165) is 17.8 Å². The topological polar surface area (TPSA) is 28.8 Å². The van der Waals surface area contributed by atoms with Gasteiger partial charge in [-0.2, -0.15) is 0 Å². The van der Waals surface area contributed by atoms with E-state index in [1.165, 1.54) is 0 Å². The van der Waals surface area contributed by atoms with Gasteiger partial charge in [-0.3, -0.25) is 5.41 Å². The lowest BCUT2D eigenvalue weighted by atomic mass is 10.2. The first-order chi connectivity index (χ1) is 5.15. The molecule has 0 aliphatic rings. The fourth-order valence-corrected chi connectivity index (χ4v) is 1.35. The Kier molecular flexibility index (Phi) is 2.13. The van der Waals surface area contributed by atoms with Crippen molar-refractivity contribution in [3.63, 3.8) is 0 Å². The second-order valence-corrected chi connectivity index (χ2v) is 2.80. The Labute approximate surface area is 67.0 Å². The monoisotopic (exact) mass is 150 g/mol. The van der Waals surface area contributed by atoms with Crippen LogP contribution in [0.4, 0.5) is 0 Å². The van der Waals surface area contributed by atoms with Gasteiger partial charge in [-0.15, -0.1) is 0 Å². The average molecular weight is 150 g/mol. The molecular formula is C9H14N2. The van der Waals surface area contributed by atoms with E-state index in [1.54, 1.807) is 0 Å². The van der Waals surface area contributed by atoms with Crippen LogP contribution in [-0.2, 0) is 6.54 Å². The summed E-state index contributed by atoms with van der Waals surface area (Å²) in [6, 6.07) is 3.98. The number of rotatable bonds is 1. The van der Waals surface area contributed by atoms with Crippen molar-refractivity contribution in [1.82, 2.24) is 4.57 Å². The number of pyridine rings is 1. The minimum Gasteiger partial charge on any atom is -0.331 e. The highest BCUT2D eigenvalue weighted by molar-refractivity contribution is 5.14. The second kappa shape index (κ2) is 2.91. The van der Waals surface area contributed by atoms with Crippen LogP contribution >= 0.6 is 0 Å².